The zero-order chi connectivity index (χ0) is 25.7. The van der Waals surface area contributed by atoms with Crippen molar-refractivity contribution < 1.29 is 18.7 Å². The van der Waals surface area contributed by atoms with E-state index in [1.54, 1.807) is 7.11 Å². The Morgan fingerprint density at radius 2 is 2.08 bits per heavy atom. The van der Waals surface area contributed by atoms with Gasteiger partial charge >= 0.3 is 0 Å². The van der Waals surface area contributed by atoms with E-state index >= 15 is 4.48 Å². The van der Waals surface area contributed by atoms with Crippen molar-refractivity contribution in [3.05, 3.63) is 48.4 Å². The number of ether oxygens (including phenoxy) is 2. The summed E-state index contributed by atoms with van der Waals surface area (Å²) in [5, 5.41) is 5.24. The number of nitrogens with zero attached hydrogens (tertiary/aromatic N) is 3. The molecule has 2 heterocycles. The summed E-state index contributed by atoms with van der Waals surface area (Å²) >= 11 is 0. The van der Waals surface area contributed by atoms with E-state index in [0.29, 0.717) is 34.8 Å². The van der Waals surface area contributed by atoms with Gasteiger partial charge in [-0.3, -0.25) is 9.78 Å². The molecule has 5 N–H and O–H groups in total. The van der Waals surface area contributed by atoms with E-state index in [1.165, 1.54) is 24.7 Å². The van der Waals surface area contributed by atoms with Crippen LogP contribution in [0.3, 0.4) is 0 Å². The molecule has 192 valence electrons. The lowest BCUT2D eigenvalue weighted by Gasteiger charge is -2.31. The minimum atomic E-state index is -0.691. The first-order valence-corrected chi connectivity index (χ1v) is 12.2. The molecule has 0 aliphatic heterocycles. The van der Waals surface area contributed by atoms with Crippen molar-refractivity contribution >= 4 is 33.7 Å². The normalized spacial score (nSPS) is 18.6. The number of methoxy groups -OCH3 is 1. The van der Waals surface area contributed by atoms with E-state index in [1.807, 2.05) is 25.1 Å². The first kappa shape index (κ1) is 25.6. The summed E-state index contributed by atoms with van der Waals surface area (Å²) in [7, 11) is 1.65. The van der Waals surface area contributed by atoms with E-state index in [-0.39, 0.29) is 35.1 Å². The van der Waals surface area contributed by atoms with Crippen LogP contribution in [-0.4, -0.2) is 47.8 Å². The number of fused-ring (bicyclic) bond motifs is 1. The van der Waals surface area contributed by atoms with Gasteiger partial charge in [0.05, 0.1) is 36.4 Å². The maximum atomic E-state index is 15.9. The Balaban J connectivity index is 1.77. The highest BCUT2D eigenvalue weighted by Gasteiger charge is 2.25. The van der Waals surface area contributed by atoms with Gasteiger partial charge in [0.25, 0.3) is 0 Å². The Kier molecular flexibility index (Phi) is 8.17. The minimum Gasteiger partial charge on any atom is -0.477 e. The third-order valence-corrected chi connectivity index (χ3v) is 6.63. The van der Waals surface area contributed by atoms with Crippen LogP contribution in [0.25, 0.3) is 10.8 Å². The Hall–Kier alpha value is -3.50. The molecule has 1 aliphatic rings. The van der Waals surface area contributed by atoms with Crippen molar-refractivity contribution in [1.29, 1.82) is 0 Å². The second kappa shape index (κ2) is 11.5. The number of carbonyl (C=O) groups excluding carboxylic acids is 1. The van der Waals surface area contributed by atoms with Crippen molar-refractivity contribution in [2.24, 2.45) is 11.5 Å². The number of nitrogens with two attached hydrogens (primary N) is 2. The van der Waals surface area contributed by atoms with Gasteiger partial charge in [-0.2, -0.15) is 5.12 Å². The van der Waals surface area contributed by atoms with Crippen molar-refractivity contribution in [1.82, 2.24) is 9.97 Å². The number of halogens is 1. The standard InChI is InChI=1S/C26H33FN6O3/c1-16(35-2)10-11-36-26-19-6-5-9-22(32-21-8-4-3-7-20(21)28)24(19)23(15-31-26)33(27)18-12-17(25(29)34)13-30-14-18/h5-6,9,12-16,20-21,32H,3-4,7-8,10-11,28H2,1-2H3,(H2,29,34). The van der Waals surface area contributed by atoms with Crippen molar-refractivity contribution in [2.75, 3.05) is 24.2 Å². The number of rotatable bonds is 10. The number of primary amides is 1. The highest BCUT2D eigenvalue weighted by Crippen LogP contribution is 2.40. The number of hydrogen-bond donors (Lipinski definition) is 3. The topological polar surface area (TPSA) is 129 Å². The fraction of sp³-hybridized carbons (Fsp3) is 0.423. The van der Waals surface area contributed by atoms with Gasteiger partial charge in [0.15, 0.2) is 0 Å². The van der Waals surface area contributed by atoms with Crippen LogP contribution in [0, 0.1) is 0 Å². The maximum absolute atomic E-state index is 15.9. The van der Waals surface area contributed by atoms with Crippen LogP contribution in [-0.2, 0) is 4.74 Å². The molecule has 3 aromatic rings. The molecule has 3 atom stereocenters. The summed E-state index contributed by atoms with van der Waals surface area (Å²) in [6.45, 7) is 2.36. The number of benzene rings is 1. The Bertz CT molecular complexity index is 1210. The molecular formula is C26H33FN6O3. The fourth-order valence-corrected chi connectivity index (χ4v) is 4.43. The van der Waals surface area contributed by atoms with E-state index < -0.39 is 5.91 Å². The van der Waals surface area contributed by atoms with Crippen LogP contribution in [0.4, 0.5) is 21.5 Å². The van der Waals surface area contributed by atoms with Gasteiger partial charge in [-0.05, 0) is 38.0 Å². The lowest BCUT2D eigenvalue weighted by molar-refractivity contribution is 0.0950. The van der Waals surface area contributed by atoms with Gasteiger partial charge < -0.3 is 26.3 Å². The van der Waals surface area contributed by atoms with Crippen LogP contribution in [0.5, 0.6) is 5.88 Å². The SMILES string of the molecule is COC(C)CCOc1ncc(N(F)c2cncc(C(N)=O)c2)c2c(NC3CCCCC3N)cccc12. The number of anilines is 3. The summed E-state index contributed by atoms with van der Waals surface area (Å²) in [4.78, 5) is 20.0. The quantitative estimate of drug-likeness (QED) is 0.356. The molecule has 1 amide bonds. The van der Waals surface area contributed by atoms with Crippen molar-refractivity contribution in [3.8, 4) is 5.88 Å². The molecule has 0 bridgehead atoms. The zero-order valence-electron chi connectivity index (χ0n) is 20.6. The van der Waals surface area contributed by atoms with Crippen molar-refractivity contribution in [2.45, 2.75) is 57.2 Å². The average Bonchev–Trinajstić information content (AvgIpc) is 2.89. The first-order valence-electron chi connectivity index (χ1n) is 12.2. The van der Waals surface area contributed by atoms with Crippen LogP contribution in [0.1, 0.15) is 49.4 Å². The fourth-order valence-electron chi connectivity index (χ4n) is 4.43. The number of hydrogen-bond acceptors (Lipinski definition) is 8. The number of aromatic nitrogens is 2. The molecule has 10 heteroatoms. The summed E-state index contributed by atoms with van der Waals surface area (Å²) in [5.74, 6) is -0.297. The molecule has 2 aromatic heterocycles. The van der Waals surface area contributed by atoms with Gasteiger partial charge in [0.1, 0.15) is 5.69 Å². The summed E-state index contributed by atoms with van der Waals surface area (Å²) < 4.78 is 27.2. The summed E-state index contributed by atoms with van der Waals surface area (Å²) in [6, 6.07) is 7.04. The van der Waals surface area contributed by atoms with Crippen LogP contribution in [0.2, 0.25) is 0 Å². The van der Waals surface area contributed by atoms with Crippen LogP contribution >= 0.6 is 0 Å². The predicted molar refractivity (Wildman–Crippen MR) is 138 cm³/mol. The molecule has 9 nitrogen and oxygen atoms in total. The van der Waals surface area contributed by atoms with E-state index in [4.69, 9.17) is 20.9 Å². The first-order chi connectivity index (χ1) is 17.4. The summed E-state index contributed by atoms with van der Waals surface area (Å²) in [6.07, 6.45) is 8.79. The molecule has 1 saturated carbocycles. The van der Waals surface area contributed by atoms with Crippen LogP contribution < -0.4 is 26.6 Å². The van der Waals surface area contributed by atoms with Crippen LogP contribution in [0.15, 0.2) is 42.9 Å². The molecular weight excluding hydrogens is 463 g/mol. The minimum absolute atomic E-state index is 0.00322. The number of pyridine rings is 2. The molecule has 0 saturated heterocycles. The lowest BCUT2D eigenvalue weighted by Crippen LogP contribution is -2.42. The number of carbonyl (C=O) groups is 1. The maximum Gasteiger partial charge on any atom is 0.250 e. The lowest BCUT2D eigenvalue weighted by atomic mass is 9.90. The van der Waals surface area contributed by atoms with E-state index in [0.717, 1.165) is 31.4 Å². The second-order valence-electron chi connectivity index (χ2n) is 9.14. The monoisotopic (exact) mass is 496 g/mol. The molecule has 1 aromatic carbocycles. The smallest absolute Gasteiger partial charge is 0.250 e. The van der Waals surface area contributed by atoms with Gasteiger partial charge in [-0.25, -0.2) is 4.98 Å². The Labute approximate surface area is 209 Å². The number of amides is 1. The van der Waals surface area contributed by atoms with E-state index in [2.05, 4.69) is 15.3 Å². The highest BCUT2D eigenvalue weighted by atomic mass is 19.2. The molecule has 1 aliphatic carbocycles. The predicted octanol–water partition coefficient (Wildman–Crippen LogP) is 4.24. The largest absolute Gasteiger partial charge is 0.477 e. The Morgan fingerprint density at radius 1 is 1.28 bits per heavy atom. The van der Waals surface area contributed by atoms with Gasteiger partial charge in [0.2, 0.25) is 11.8 Å². The van der Waals surface area contributed by atoms with Gasteiger partial charge in [-0.1, -0.05) is 23.4 Å². The van der Waals surface area contributed by atoms with Crippen molar-refractivity contribution in [3.63, 3.8) is 0 Å². The molecule has 1 fully saturated rings. The number of nitrogens with one attached hydrogen (secondary N) is 1. The Morgan fingerprint density at radius 3 is 2.83 bits per heavy atom. The van der Waals surface area contributed by atoms with E-state index in [9.17, 15) is 4.79 Å². The summed E-state index contributed by atoms with van der Waals surface area (Å²) in [5.41, 5.74) is 12.8. The molecule has 0 radical (unpaired) electrons. The molecule has 36 heavy (non-hydrogen) atoms. The average molecular weight is 497 g/mol. The highest BCUT2D eigenvalue weighted by molar-refractivity contribution is 6.06. The third-order valence-electron chi connectivity index (χ3n) is 6.63. The molecule has 4 rings (SSSR count). The molecule has 0 spiro atoms. The zero-order valence-corrected chi connectivity index (χ0v) is 20.6. The second-order valence-corrected chi connectivity index (χ2v) is 9.14. The molecule has 3 unspecified atom stereocenters. The van der Waals surface area contributed by atoms with Gasteiger partial charge in [0, 0.05) is 48.3 Å². The van der Waals surface area contributed by atoms with Gasteiger partial charge in [-0.15, -0.1) is 0 Å². The third kappa shape index (κ3) is 5.66.